The number of nitrogens with one attached hydrogen (secondary N) is 3. The van der Waals surface area contributed by atoms with Gasteiger partial charge in [0.2, 0.25) is 0 Å². The second kappa shape index (κ2) is 10.9. The number of halogens is 1. The van der Waals surface area contributed by atoms with E-state index in [0.29, 0.717) is 34.0 Å². The molecule has 2 aromatic carbocycles. The van der Waals surface area contributed by atoms with E-state index in [1.807, 2.05) is 12.1 Å². The van der Waals surface area contributed by atoms with Gasteiger partial charge < -0.3 is 15.6 Å². The number of hydrogen-bond donors (Lipinski definition) is 3. The molecule has 2 aromatic heterocycles. The van der Waals surface area contributed by atoms with Crippen LogP contribution in [0, 0.1) is 17.1 Å². The number of aromatic nitrogens is 2. The van der Waals surface area contributed by atoms with Crippen molar-refractivity contribution in [2.45, 2.75) is 19.3 Å². The van der Waals surface area contributed by atoms with E-state index in [0.717, 1.165) is 5.56 Å². The van der Waals surface area contributed by atoms with E-state index in [9.17, 15) is 10.1 Å². The van der Waals surface area contributed by atoms with Crippen molar-refractivity contribution in [3.8, 4) is 6.07 Å². The number of carbonyl (C=O) groups excluding carboxylic acids is 1. The van der Waals surface area contributed by atoms with Gasteiger partial charge in [-0.05, 0) is 68.6 Å². The Morgan fingerprint density at radius 2 is 1.87 bits per heavy atom. The topological polar surface area (TPSA) is 118 Å². The van der Waals surface area contributed by atoms with Gasteiger partial charge in [-0.1, -0.05) is 18.2 Å². The number of nitrogens with zero attached hydrogens (tertiary/aromatic N) is 4. The maximum Gasteiger partial charge on any atom is 0.255 e. The number of aromatic amines is 1. The maximum atomic E-state index is 15.6. The van der Waals surface area contributed by atoms with Crippen LogP contribution in [-0.4, -0.2) is 35.4 Å². The third-order valence-corrected chi connectivity index (χ3v) is 6.05. The highest BCUT2D eigenvalue weighted by Gasteiger charge is 2.22. The molecule has 8 nitrogen and oxygen atoms in total. The molecular weight excluding hydrogens is 481 g/mol. The SMILES string of the molecule is C=Nc1[nH]ccc1/C(=N\C)c1cccnc1Nc1cccc(NC(=O)c2cccc(C(C)(C)C#N)c2)c1F. The van der Waals surface area contributed by atoms with Gasteiger partial charge in [0, 0.05) is 36.1 Å². The summed E-state index contributed by atoms with van der Waals surface area (Å²) in [7, 11) is 1.65. The lowest BCUT2D eigenvalue weighted by Gasteiger charge is -2.17. The van der Waals surface area contributed by atoms with Crippen molar-refractivity contribution in [3.63, 3.8) is 0 Å². The quantitative estimate of drug-likeness (QED) is 0.248. The molecule has 2 heterocycles. The predicted molar refractivity (Wildman–Crippen MR) is 149 cm³/mol. The molecule has 0 aliphatic heterocycles. The molecule has 0 unspecified atom stereocenters. The van der Waals surface area contributed by atoms with Crippen LogP contribution in [-0.2, 0) is 5.41 Å². The predicted octanol–water partition coefficient (Wildman–Crippen LogP) is 6.15. The first-order valence-electron chi connectivity index (χ1n) is 11.7. The highest BCUT2D eigenvalue weighted by atomic mass is 19.1. The lowest BCUT2D eigenvalue weighted by molar-refractivity contribution is 0.102. The Labute approximate surface area is 220 Å². The van der Waals surface area contributed by atoms with Crippen molar-refractivity contribution in [1.29, 1.82) is 5.26 Å². The van der Waals surface area contributed by atoms with Gasteiger partial charge in [0.15, 0.2) is 5.82 Å². The second-order valence-corrected chi connectivity index (χ2v) is 8.93. The van der Waals surface area contributed by atoms with E-state index in [-0.39, 0.29) is 11.4 Å². The molecule has 0 fully saturated rings. The molecule has 4 aromatic rings. The summed E-state index contributed by atoms with van der Waals surface area (Å²) >= 11 is 0. The number of aliphatic imine (C=N–C) groups is 2. The number of H-pyrrole nitrogens is 1. The molecule has 190 valence electrons. The Morgan fingerprint density at radius 1 is 1.11 bits per heavy atom. The first-order chi connectivity index (χ1) is 18.3. The number of anilines is 3. The Morgan fingerprint density at radius 3 is 2.61 bits per heavy atom. The van der Waals surface area contributed by atoms with Crippen molar-refractivity contribution in [1.82, 2.24) is 9.97 Å². The van der Waals surface area contributed by atoms with Crippen molar-refractivity contribution >= 4 is 41.3 Å². The Hall–Kier alpha value is -5.10. The van der Waals surface area contributed by atoms with Crippen molar-refractivity contribution in [2.75, 3.05) is 17.7 Å². The van der Waals surface area contributed by atoms with Crippen LogP contribution in [0.25, 0.3) is 0 Å². The first kappa shape index (κ1) is 26.0. The fourth-order valence-electron chi connectivity index (χ4n) is 3.93. The van der Waals surface area contributed by atoms with Crippen molar-refractivity contribution < 1.29 is 9.18 Å². The van der Waals surface area contributed by atoms with Crippen LogP contribution in [0.2, 0.25) is 0 Å². The summed E-state index contributed by atoms with van der Waals surface area (Å²) in [4.78, 5) is 28.8. The Kier molecular flexibility index (Phi) is 7.44. The van der Waals surface area contributed by atoms with Gasteiger partial charge in [-0.2, -0.15) is 5.26 Å². The summed E-state index contributed by atoms with van der Waals surface area (Å²) in [6.45, 7) is 7.12. The van der Waals surface area contributed by atoms with Crippen LogP contribution in [0.4, 0.5) is 27.4 Å². The van der Waals surface area contributed by atoms with E-state index in [2.05, 4.69) is 43.4 Å². The lowest BCUT2D eigenvalue weighted by Crippen LogP contribution is -2.17. The minimum Gasteiger partial charge on any atom is -0.346 e. The standard InChI is InChI=1S/C29H26FN7O/c1-29(2,17-31)19-9-5-8-18(16-19)28(38)37-23-12-6-11-22(24(23)30)36-27-20(10-7-14-34-27)25(32-3)21-13-15-35-26(21)33-4/h5-16,35H,4H2,1-3H3,(H,34,36)(H,37,38)/b32-25-. The summed E-state index contributed by atoms with van der Waals surface area (Å²) < 4.78 is 15.6. The highest BCUT2D eigenvalue weighted by Crippen LogP contribution is 2.30. The molecule has 4 rings (SSSR count). The van der Waals surface area contributed by atoms with E-state index in [1.165, 1.54) is 6.07 Å². The van der Waals surface area contributed by atoms with E-state index >= 15 is 4.39 Å². The molecule has 38 heavy (non-hydrogen) atoms. The van der Waals surface area contributed by atoms with E-state index in [1.54, 1.807) is 75.8 Å². The number of benzene rings is 2. The van der Waals surface area contributed by atoms with Gasteiger partial charge in [-0.25, -0.2) is 14.4 Å². The summed E-state index contributed by atoms with van der Waals surface area (Å²) in [5.41, 5.74) is 2.30. The van der Waals surface area contributed by atoms with Gasteiger partial charge in [0.05, 0.1) is 28.6 Å². The number of pyridine rings is 1. The molecule has 0 saturated carbocycles. The number of carbonyl (C=O) groups is 1. The summed E-state index contributed by atoms with van der Waals surface area (Å²) in [5, 5.41) is 15.1. The third kappa shape index (κ3) is 5.20. The average molecular weight is 508 g/mol. The van der Waals surface area contributed by atoms with Gasteiger partial charge in [-0.3, -0.25) is 9.79 Å². The molecule has 0 radical (unpaired) electrons. The first-order valence-corrected chi connectivity index (χ1v) is 11.7. The molecule has 0 bridgehead atoms. The smallest absolute Gasteiger partial charge is 0.255 e. The van der Waals surface area contributed by atoms with Crippen molar-refractivity contribution in [2.24, 2.45) is 9.98 Å². The van der Waals surface area contributed by atoms with Crippen LogP contribution in [0.3, 0.4) is 0 Å². The van der Waals surface area contributed by atoms with Gasteiger partial charge in [0.1, 0.15) is 11.6 Å². The van der Waals surface area contributed by atoms with Crippen LogP contribution in [0.1, 0.15) is 40.9 Å². The monoisotopic (exact) mass is 507 g/mol. The van der Waals surface area contributed by atoms with Crippen LogP contribution in [0.15, 0.2) is 83.0 Å². The Balaban J connectivity index is 1.62. The van der Waals surface area contributed by atoms with Crippen molar-refractivity contribution in [3.05, 3.63) is 101 Å². The summed E-state index contributed by atoms with van der Waals surface area (Å²) in [5.74, 6) is -0.222. The molecule has 0 saturated heterocycles. The second-order valence-electron chi connectivity index (χ2n) is 8.93. The fourth-order valence-corrected chi connectivity index (χ4v) is 3.93. The van der Waals surface area contributed by atoms with Crippen LogP contribution >= 0.6 is 0 Å². The molecule has 0 aliphatic rings. The largest absolute Gasteiger partial charge is 0.346 e. The minimum atomic E-state index is -0.769. The molecule has 9 heteroatoms. The zero-order valence-corrected chi connectivity index (χ0v) is 21.2. The van der Waals surface area contributed by atoms with Gasteiger partial charge >= 0.3 is 0 Å². The maximum absolute atomic E-state index is 15.6. The van der Waals surface area contributed by atoms with Gasteiger partial charge in [0.25, 0.3) is 5.91 Å². The summed E-state index contributed by atoms with van der Waals surface area (Å²) in [6, 6.07) is 19.0. The average Bonchev–Trinajstić information content (AvgIpc) is 3.41. The molecule has 0 spiro atoms. The fraction of sp³-hybridized carbons (Fsp3) is 0.138. The zero-order valence-electron chi connectivity index (χ0n) is 21.2. The minimum absolute atomic E-state index is 0.00409. The highest BCUT2D eigenvalue weighted by molar-refractivity contribution is 6.18. The molecular formula is C29H26FN7O. The summed E-state index contributed by atoms with van der Waals surface area (Å²) in [6.07, 6.45) is 3.32. The number of amides is 1. The number of nitriles is 1. The van der Waals surface area contributed by atoms with E-state index in [4.69, 9.17) is 0 Å². The lowest BCUT2D eigenvalue weighted by atomic mass is 9.85. The van der Waals surface area contributed by atoms with Crippen LogP contribution in [0.5, 0.6) is 0 Å². The zero-order chi connectivity index (χ0) is 27.3. The molecule has 3 N–H and O–H groups in total. The normalized spacial score (nSPS) is 11.5. The van der Waals surface area contributed by atoms with E-state index < -0.39 is 17.1 Å². The Bertz CT molecular complexity index is 1580. The van der Waals surface area contributed by atoms with Crippen LogP contribution < -0.4 is 10.6 Å². The molecule has 0 aliphatic carbocycles. The number of rotatable bonds is 8. The molecule has 1 amide bonds. The molecule has 0 atom stereocenters. The van der Waals surface area contributed by atoms with Gasteiger partial charge in [-0.15, -0.1) is 0 Å². The third-order valence-electron chi connectivity index (χ3n) is 6.05. The number of hydrogen-bond acceptors (Lipinski definition) is 6.